The molecule has 0 aliphatic heterocycles. The summed E-state index contributed by atoms with van der Waals surface area (Å²) in [5.41, 5.74) is 10.7. The monoisotopic (exact) mass is 352 g/mol. The van der Waals surface area contributed by atoms with Crippen molar-refractivity contribution in [2.75, 3.05) is 0 Å². The van der Waals surface area contributed by atoms with Gasteiger partial charge in [0.25, 0.3) is 0 Å². The first-order valence-electron chi connectivity index (χ1n) is 7.87. The van der Waals surface area contributed by atoms with Crippen LogP contribution in [-0.2, 0) is 12.8 Å². The Bertz CT molecular complexity index is 1020. The van der Waals surface area contributed by atoms with Crippen molar-refractivity contribution in [3.05, 3.63) is 87.4 Å². The van der Waals surface area contributed by atoms with Gasteiger partial charge in [-0.25, -0.2) is 9.37 Å². The molecule has 4 rings (SSSR count). The van der Waals surface area contributed by atoms with Gasteiger partial charge in [-0.05, 0) is 52.4 Å². The van der Waals surface area contributed by atoms with Gasteiger partial charge < -0.3 is 5.73 Å². The minimum absolute atomic E-state index is 0.250. The van der Waals surface area contributed by atoms with E-state index >= 15 is 0 Å². The number of carbonyl (C=O) groups excluding carboxylic acids is 1. The average Bonchev–Trinajstić information content (AvgIpc) is 2.96. The fourth-order valence-electron chi connectivity index (χ4n) is 3.50. The van der Waals surface area contributed by atoms with Crippen LogP contribution >= 0.6 is 11.6 Å². The summed E-state index contributed by atoms with van der Waals surface area (Å²) in [5.74, 6) is -1.04. The van der Waals surface area contributed by atoms with Crippen molar-refractivity contribution in [1.82, 2.24) is 4.98 Å². The number of primary amides is 1. The second-order valence-corrected chi connectivity index (χ2v) is 6.49. The van der Waals surface area contributed by atoms with E-state index in [4.69, 9.17) is 17.3 Å². The van der Waals surface area contributed by atoms with E-state index in [-0.39, 0.29) is 5.56 Å². The Hall–Kier alpha value is -2.72. The lowest BCUT2D eigenvalue weighted by Gasteiger charge is -2.14. The summed E-state index contributed by atoms with van der Waals surface area (Å²) in [6.07, 6.45) is 2.54. The standard InChI is InChI=1S/C20H14ClFN2O/c21-18-8-11(5-6-24-18)7-16-17(22)10-15(20(23)25)14-9-12-3-1-2-4-13(12)19(14)16/h1-6,8,10H,7,9H2,(H2,23,25). The molecule has 0 atom stereocenters. The van der Waals surface area contributed by atoms with Crippen LogP contribution in [-0.4, -0.2) is 10.9 Å². The lowest BCUT2D eigenvalue weighted by Crippen LogP contribution is -2.15. The molecule has 3 aromatic rings. The molecule has 1 amide bonds. The first kappa shape index (κ1) is 15.8. The number of aromatic nitrogens is 1. The van der Waals surface area contributed by atoms with Crippen LogP contribution in [0.15, 0.2) is 48.7 Å². The topological polar surface area (TPSA) is 56.0 Å². The van der Waals surface area contributed by atoms with Crippen LogP contribution < -0.4 is 5.73 Å². The van der Waals surface area contributed by atoms with Crippen LogP contribution in [0.25, 0.3) is 11.1 Å². The Labute approximate surface area is 149 Å². The fourth-order valence-corrected chi connectivity index (χ4v) is 3.70. The third-order valence-electron chi connectivity index (χ3n) is 4.58. The predicted molar refractivity (Wildman–Crippen MR) is 95.2 cm³/mol. The summed E-state index contributed by atoms with van der Waals surface area (Å²) in [6.45, 7) is 0. The van der Waals surface area contributed by atoms with Gasteiger partial charge >= 0.3 is 0 Å². The molecule has 1 aliphatic rings. The van der Waals surface area contributed by atoms with Crippen LogP contribution in [0, 0.1) is 5.82 Å². The molecule has 0 fully saturated rings. The molecule has 2 aromatic carbocycles. The Morgan fingerprint density at radius 1 is 1.24 bits per heavy atom. The maximum Gasteiger partial charge on any atom is 0.249 e. The first-order chi connectivity index (χ1) is 12.0. The highest BCUT2D eigenvalue weighted by atomic mass is 35.5. The summed E-state index contributed by atoms with van der Waals surface area (Å²) in [7, 11) is 0. The molecule has 1 aliphatic carbocycles. The molecular weight excluding hydrogens is 339 g/mol. The van der Waals surface area contributed by atoms with E-state index in [1.54, 1.807) is 18.3 Å². The highest BCUT2D eigenvalue weighted by molar-refractivity contribution is 6.29. The number of pyridine rings is 1. The zero-order valence-electron chi connectivity index (χ0n) is 13.2. The molecular formula is C20H14ClFN2O. The van der Waals surface area contributed by atoms with Gasteiger partial charge in [-0.3, -0.25) is 4.79 Å². The smallest absolute Gasteiger partial charge is 0.249 e. The molecule has 5 heteroatoms. The van der Waals surface area contributed by atoms with E-state index in [9.17, 15) is 9.18 Å². The maximum atomic E-state index is 14.9. The van der Waals surface area contributed by atoms with Gasteiger partial charge in [-0.1, -0.05) is 35.9 Å². The SMILES string of the molecule is NC(=O)c1cc(F)c(Cc2ccnc(Cl)c2)c2c1Cc1ccccc1-2. The summed E-state index contributed by atoms with van der Waals surface area (Å²) < 4.78 is 14.9. The molecule has 0 unspecified atom stereocenters. The van der Waals surface area contributed by atoms with Crippen LogP contribution in [0.2, 0.25) is 5.15 Å². The summed E-state index contributed by atoms with van der Waals surface area (Å²) >= 11 is 5.95. The quantitative estimate of drug-likeness (QED) is 0.563. The van der Waals surface area contributed by atoms with E-state index < -0.39 is 11.7 Å². The number of nitrogens with two attached hydrogens (primary N) is 1. The van der Waals surface area contributed by atoms with Gasteiger partial charge in [-0.2, -0.15) is 0 Å². The van der Waals surface area contributed by atoms with Crippen LogP contribution in [0.5, 0.6) is 0 Å². The summed E-state index contributed by atoms with van der Waals surface area (Å²) in [6, 6.07) is 12.6. The maximum absolute atomic E-state index is 14.9. The highest BCUT2D eigenvalue weighted by Gasteiger charge is 2.28. The van der Waals surface area contributed by atoms with Crippen LogP contribution in [0.3, 0.4) is 0 Å². The molecule has 0 saturated carbocycles. The largest absolute Gasteiger partial charge is 0.366 e. The minimum atomic E-state index is -0.610. The zero-order chi connectivity index (χ0) is 17.6. The normalized spacial score (nSPS) is 11.9. The summed E-state index contributed by atoms with van der Waals surface area (Å²) in [4.78, 5) is 15.8. The van der Waals surface area contributed by atoms with Crippen molar-refractivity contribution in [2.45, 2.75) is 12.8 Å². The molecule has 0 bridgehead atoms. The lowest BCUT2D eigenvalue weighted by molar-refractivity contribution is 0.0999. The van der Waals surface area contributed by atoms with E-state index in [2.05, 4.69) is 4.98 Å². The minimum Gasteiger partial charge on any atom is -0.366 e. The second-order valence-electron chi connectivity index (χ2n) is 6.10. The number of halogens is 2. The van der Waals surface area contributed by atoms with E-state index in [1.807, 2.05) is 24.3 Å². The van der Waals surface area contributed by atoms with Crippen molar-refractivity contribution >= 4 is 17.5 Å². The van der Waals surface area contributed by atoms with Crippen LogP contribution in [0.1, 0.15) is 32.6 Å². The number of hydrogen-bond donors (Lipinski definition) is 1. The number of nitrogens with zero attached hydrogens (tertiary/aromatic N) is 1. The molecule has 0 saturated heterocycles. The van der Waals surface area contributed by atoms with Crippen LogP contribution in [0.4, 0.5) is 4.39 Å². The van der Waals surface area contributed by atoms with Crippen molar-refractivity contribution in [3.63, 3.8) is 0 Å². The molecule has 3 nitrogen and oxygen atoms in total. The Morgan fingerprint density at radius 2 is 2.04 bits per heavy atom. The molecule has 25 heavy (non-hydrogen) atoms. The molecule has 0 spiro atoms. The molecule has 1 heterocycles. The summed E-state index contributed by atoms with van der Waals surface area (Å²) in [5, 5.41) is 0.365. The first-order valence-corrected chi connectivity index (χ1v) is 8.25. The van der Waals surface area contributed by atoms with Gasteiger partial charge in [0.2, 0.25) is 5.91 Å². The molecule has 2 N–H and O–H groups in total. The van der Waals surface area contributed by atoms with E-state index in [0.717, 1.165) is 27.8 Å². The predicted octanol–water partition coefficient (Wildman–Crippen LogP) is 4.14. The number of benzene rings is 2. The van der Waals surface area contributed by atoms with Gasteiger partial charge in [-0.15, -0.1) is 0 Å². The molecule has 1 aromatic heterocycles. The number of carbonyl (C=O) groups is 1. The van der Waals surface area contributed by atoms with E-state index in [0.29, 0.717) is 23.6 Å². The third-order valence-corrected chi connectivity index (χ3v) is 4.79. The van der Waals surface area contributed by atoms with E-state index in [1.165, 1.54) is 6.07 Å². The van der Waals surface area contributed by atoms with Crippen molar-refractivity contribution < 1.29 is 9.18 Å². The Morgan fingerprint density at radius 3 is 2.80 bits per heavy atom. The van der Waals surface area contributed by atoms with Gasteiger partial charge in [0, 0.05) is 23.7 Å². The number of fused-ring (bicyclic) bond motifs is 3. The Balaban J connectivity index is 1.94. The third kappa shape index (κ3) is 2.68. The number of hydrogen-bond acceptors (Lipinski definition) is 2. The second kappa shape index (κ2) is 5.97. The fraction of sp³-hybridized carbons (Fsp3) is 0.100. The van der Waals surface area contributed by atoms with Crippen molar-refractivity contribution in [3.8, 4) is 11.1 Å². The van der Waals surface area contributed by atoms with Gasteiger partial charge in [0.05, 0.1) is 0 Å². The van der Waals surface area contributed by atoms with Gasteiger partial charge in [0.15, 0.2) is 0 Å². The average molecular weight is 353 g/mol. The molecule has 0 radical (unpaired) electrons. The number of rotatable bonds is 3. The van der Waals surface area contributed by atoms with Crippen molar-refractivity contribution in [2.24, 2.45) is 5.73 Å². The molecule has 124 valence electrons. The lowest BCUT2D eigenvalue weighted by atomic mass is 9.91. The Kier molecular flexibility index (Phi) is 3.77. The number of amides is 1. The zero-order valence-corrected chi connectivity index (χ0v) is 14.0. The van der Waals surface area contributed by atoms with Gasteiger partial charge in [0.1, 0.15) is 11.0 Å². The highest BCUT2D eigenvalue weighted by Crippen LogP contribution is 2.42. The van der Waals surface area contributed by atoms with Crippen molar-refractivity contribution in [1.29, 1.82) is 0 Å².